The number of hydrogen-bond acceptors (Lipinski definition) is 5. The zero-order valence-corrected chi connectivity index (χ0v) is 19.1. The minimum atomic E-state index is -4.54. The van der Waals surface area contributed by atoms with Gasteiger partial charge in [-0.05, 0) is 58.7 Å². The monoisotopic (exact) mass is 462 g/mol. The second-order valence-electron chi connectivity index (χ2n) is 9.29. The summed E-state index contributed by atoms with van der Waals surface area (Å²) in [6.45, 7) is 7.54. The number of pyridine rings is 1. The van der Waals surface area contributed by atoms with Crippen molar-refractivity contribution in [3.05, 3.63) is 53.5 Å². The second kappa shape index (κ2) is 8.61. The van der Waals surface area contributed by atoms with Crippen LogP contribution in [0, 0.1) is 6.92 Å². The second-order valence-corrected chi connectivity index (χ2v) is 9.29. The molecule has 2 aromatic heterocycles. The summed E-state index contributed by atoms with van der Waals surface area (Å²) in [6.07, 6.45) is -0.558. The first kappa shape index (κ1) is 23.5. The van der Waals surface area contributed by atoms with Crippen LogP contribution in [0.15, 0.2) is 36.7 Å². The van der Waals surface area contributed by atoms with Gasteiger partial charge in [-0.1, -0.05) is 6.07 Å². The van der Waals surface area contributed by atoms with Crippen molar-refractivity contribution in [1.29, 1.82) is 0 Å². The average Bonchev–Trinajstić information content (AvgIpc) is 3.15. The SMILES string of the molecule is Cc1ccc([C@@]2(O)C[C@@H](COc3cc(C(F)(F)F)c4c(cnn4C(C)C)c3)N[C@@H](C)C2)cn1. The van der Waals surface area contributed by atoms with E-state index in [0.717, 1.165) is 17.3 Å². The van der Waals surface area contributed by atoms with E-state index in [0.29, 0.717) is 18.2 Å². The normalized spacial score (nSPS) is 23.9. The molecule has 1 fully saturated rings. The molecule has 3 aromatic rings. The fourth-order valence-electron chi connectivity index (χ4n) is 4.66. The van der Waals surface area contributed by atoms with Crippen LogP contribution in [0.1, 0.15) is 56.5 Å². The highest BCUT2D eigenvalue weighted by Crippen LogP contribution is 2.39. The highest BCUT2D eigenvalue weighted by atomic mass is 19.4. The predicted octanol–water partition coefficient (Wildman–Crippen LogP) is 4.75. The molecule has 1 aliphatic rings. The number of aliphatic hydroxyl groups is 1. The first-order chi connectivity index (χ1) is 15.5. The third kappa shape index (κ3) is 4.84. The fourth-order valence-corrected chi connectivity index (χ4v) is 4.66. The van der Waals surface area contributed by atoms with E-state index in [4.69, 9.17) is 4.74 Å². The molecule has 0 amide bonds. The molecule has 0 bridgehead atoms. The standard InChI is InChI=1S/C24H29F3N4O2/c1-14(2)31-22-17(11-29-31)7-20(8-21(22)24(25,26)27)33-13-19-10-23(32,9-16(4)30-19)18-6-5-15(3)28-12-18/h5-8,11-12,14,16,19,30,32H,9-10,13H2,1-4H3/t16-,19-,23-/m0/s1. The molecule has 1 saturated heterocycles. The van der Waals surface area contributed by atoms with E-state index in [1.54, 1.807) is 26.1 Å². The van der Waals surface area contributed by atoms with Crippen LogP contribution in [0.25, 0.3) is 10.9 Å². The van der Waals surface area contributed by atoms with E-state index in [9.17, 15) is 18.3 Å². The number of nitrogens with one attached hydrogen (secondary N) is 1. The molecule has 0 aliphatic carbocycles. The highest BCUT2D eigenvalue weighted by molar-refractivity contribution is 5.84. The number of halogens is 3. The van der Waals surface area contributed by atoms with Gasteiger partial charge in [-0.3, -0.25) is 9.67 Å². The van der Waals surface area contributed by atoms with Crippen molar-refractivity contribution >= 4 is 10.9 Å². The quantitative estimate of drug-likeness (QED) is 0.573. The highest BCUT2D eigenvalue weighted by Gasteiger charge is 2.40. The van der Waals surface area contributed by atoms with Crippen LogP contribution in [0.5, 0.6) is 5.75 Å². The Kier molecular flexibility index (Phi) is 6.13. The zero-order valence-electron chi connectivity index (χ0n) is 19.1. The van der Waals surface area contributed by atoms with Gasteiger partial charge in [-0.15, -0.1) is 0 Å². The van der Waals surface area contributed by atoms with Crippen molar-refractivity contribution in [2.75, 3.05) is 6.61 Å². The Labute approximate surface area is 190 Å². The lowest BCUT2D eigenvalue weighted by Crippen LogP contribution is -2.53. The molecule has 0 radical (unpaired) electrons. The number of benzene rings is 1. The molecule has 0 spiro atoms. The van der Waals surface area contributed by atoms with Gasteiger partial charge in [-0.25, -0.2) is 0 Å². The Morgan fingerprint density at radius 1 is 1.24 bits per heavy atom. The maximum atomic E-state index is 13.8. The third-order valence-corrected chi connectivity index (χ3v) is 6.11. The zero-order chi connectivity index (χ0) is 24.0. The molecule has 33 heavy (non-hydrogen) atoms. The number of hydrogen-bond donors (Lipinski definition) is 2. The Morgan fingerprint density at radius 3 is 2.64 bits per heavy atom. The van der Waals surface area contributed by atoms with Gasteiger partial charge in [0.1, 0.15) is 12.4 Å². The number of alkyl halides is 3. The van der Waals surface area contributed by atoms with E-state index in [1.807, 2.05) is 26.0 Å². The van der Waals surface area contributed by atoms with Gasteiger partial charge >= 0.3 is 6.18 Å². The largest absolute Gasteiger partial charge is 0.492 e. The van der Waals surface area contributed by atoms with Crippen molar-refractivity contribution in [3.63, 3.8) is 0 Å². The number of ether oxygens (including phenoxy) is 1. The number of piperidine rings is 1. The third-order valence-electron chi connectivity index (χ3n) is 6.11. The molecule has 6 nitrogen and oxygen atoms in total. The maximum absolute atomic E-state index is 13.8. The van der Waals surface area contributed by atoms with E-state index < -0.39 is 17.3 Å². The Morgan fingerprint density at radius 2 is 2.00 bits per heavy atom. The molecule has 3 atom stereocenters. The molecule has 4 rings (SSSR count). The number of aromatic nitrogens is 3. The first-order valence-corrected chi connectivity index (χ1v) is 11.1. The molecular weight excluding hydrogens is 433 g/mol. The van der Waals surface area contributed by atoms with Gasteiger partial charge in [0.2, 0.25) is 0 Å². The Bertz CT molecular complexity index is 1130. The molecule has 1 aromatic carbocycles. The van der Waals surface area contributed by atoms with Gasteiger partial charge in [0.05, 0.1) is 22.9 Å². The van der Waals surface area contributed by atoms with Crippen molar-refractivity contribution in [2.45, 2.75) is 70.4 Å². The minimum absolute atomic E-state index is 0.00357. The summed E-state index contributed by atoms with van der Waals surface area (Å²) < 4.78 is 48.7. The lowest BCUT2D eigenvalue weighted by molar-refractivity contribution is -0.136. The van der Waals surface area contributed by atoms with E-state index in [2.05, 4.69) is 15.4 Å². The molecular formula is C24H29F3N4O2. The van der Waals surface area contributed by atoms with Gasteiger partial charge in [-0.2, -0.15) is 18.3 Å². The minimum Gasteiger partial charge on any atom is -0.492 e. The Balaban J connectivity index is 1.57. The molecule has 2 N–H and O–H groups in total. The van der Waals surface area contributed by atoms with Crippen molar-refractivity contribution in [2.24, 2.45) is 0 Å². The summed E-state index contributed by atoms with van der Waals surface area (Å²) in [4.78, 5) is 4.29. The van der Waals surface area contributed by atoms with Crippen molar-refractivity contribution in [1.82, 2.24) is 20.1 Å². The summed E-state index contributed by atoms with van der Waals surface area (Å²) in [7, 11) is 0. The fraction of sp³-hybridized carbons (Fsp3) is 0.500. The first-order valence-electron chi connectivity index (χ1n) is 11.1. The van der Waals surface area contributed by atoms with E-state index in [1.165, 1.54) is 10.9 Å². The lowest BCUT2D eigenvalue weighted by Gasteiger charge is -2.41. The molecule has 178 valence electrons. The maximum Gasteiger partial charge on any atom is 0.418 e. The van der Waals surface area contributed by atoms with Gasteiger partial charge < -0.3 is 15.2 Å². The van der Waals surface area contributed by atoms with E-state index >= 15 is 0 Å². The van der Waals surface area contributed by atoms with Gasteiger partial charge in [0.15, 0.2) is 0 Å². The molecule has 9 heteroatoms. The smallest absolute Gasteiger partial charge is 0.418 e. The number of nitrogens with zero attached hydrogens (tertiary/aromatic N) is 3. The number of rotatable bonds is 5. The van der Waals surface area contributed by atoms with Crippen LogP contribution >= 0.6 is 0 Å². The average molecular weight is 463 g/mol. The van der Waals surface area contributed by atoms with E-state index in [-0.39, 0.29) is 36.0 Å². The molecule has 0 saturated carbocycles. The summed E-state index contributed by atoms with van der Waals surface area (Å²) in [5.74, 6) is 0.124. The summed E-state index contributed by atoms with van der Waals surface area (Å²) in [5.41, 5.74) is -0.211. The predicted molar refractivity (Wildman–Crippen MR) is 119 cm³/mol. The van der Waals surface area contributed by atoms with Crippen LogP contribution in [0.4, 0.5) is 13.2 Å². The van der Waals surface area contributed by atoms with Gasteiger partial charge in [0.25, 0.3) is 0 Å². The molecule has 1 aliphatic heterocycles. The van der Waals surface area contributed by atoms with Crippen molar-refractivity contribution < 1.29 is 23.0 Å². The molecule has 3 heterocycles. The summed E-state index contributed by atoms with van der Waals surface area (Å²) in [6, 6.07) is 5.88. The van der Waals surface area contributed by atoms with Crippen LogP contribution in [-0.2, 0) is 11.8 Å². The van der Waals surface area contributed by atoms with Crippen LogP contribution < -0.4 is 10.1 Å². The lowest BCUT2D eigenvalue weighted by atomic mass is 9.79. The topological polar surface area (TPSA) is 72.2 Å². The van der Waals surface area contributed by atoms with Gasteiger partial charge in [0, 0.05) is 41.0 Å². The molecule has 0 unspecified atom stereocenters. The number of fused-ring (bicyclic) bond motifs is 1. The summed E-state index contributed by atoms with van der Waals surface area (Å²) >= 11 is 0. The number of aryl methyl sites for hydroxylation is 1. The van der Waals surface area contributed by atoms with Crippen LogP contribution in [0.2, 0.25) is 0 Å². The van der Waals surface area contributed by atoms with Crippen molar-refractivity contribution in [3.8, 4) is 5.75 Å². The van der Waals surface area contributed by atoms with Crippen LogP contribution in [0.3, 0.4) is 0 Å². The summed E-state index contributed by atoms with van der Waals surface area (Å²) in [5, 5.41) is 19.2. The Hall–Kier alpha value is -2.65. The van der Waals surface area contributed by atoms with Crippen LogP contribution in [-0.4, -0.2) is 38.6 Å².